The van der Waals surface area contributed by atoms with Crippen LogP contribution in [0, 0.1) is 6.92 Å². The molecule has 1 aliphatic carbocycles. The standard InChI is InChI=1S/C15H17N3OS/c1-9(13-4-3-7-20-13)15(19)18-14-8-12(11-5-6-11)16-10(2)17-14/h3-4,7-9,11H,5-6H2,1-2H3,(H,16,17,18,19). The highest BCUT2D eigenvalue weighted by molar-refractivity contribution is 7.10. The van der Waals surface area contributed by atoms with Gasteiger partial charge in [0.05, 0.1) is 5.92 Å². The largest absolute Gasteiger partial charge is 0.310 e. The van der Waals surface area contributed by atoms with Gasteiger partial charge < -0.3 is 5.32 Å². The third-order valence-electron chi connectivity index (χ3n) is 3.47. The van der Waals surface area contributed by atoms with Crippen LogP contribution in [0.1, 0.15) is 48.0 Å². The summed E-state index contributed by atoms with van der Waals surface area (Å²) in [7, 11) is 0. The zero-order chi connectivity index (χ0) is 14.1. The van der Waals surface area contributed by atoms with E-state index in [1.54, 1.807) is 11.3 Å². The second-order valence-corrected chi connectivity index (χ2v) is 6.21. The van der Waals surface area contributed by atoms with Gasteiger partial charge in [-0.05, 0) is 38.1 Å². The molecule has 2 aromatic heterocycles. The van der Waals surface area contributed by atoms with E-state index in [0.29, 0.717) is 17.6 Å². The van der Waals surface area contributed by atoms with E-state index in [1.807, 2.05) is 37.4 Å². The van der Waals surface area contributed by atoms with Crippen LogP contribution in [-0.2, 0) is 4.79 Å². The molecule has 1 fully saturated rings. The number of thiophene rings is 1. The van der Waals surface area contributed by atoms with Crippen LogP contribution in [-0.4, -0.2) is 15.9 Å². The van der Waals surface area contributed by atoms with E-state index in [4.69, 9.17) is 0 Å². The molecule has 104 valence electrons. The maximum absolute atomic E-state index is 12.3. The number of nitrogens with one attached hydrogen (secondary N) is 1. The van der Waals surface area contributed by atoms with Gasteiger partial charge in [-0.2, -0.15) is 0 Å². The highest BCUT2D eigenvalue weighted by Crippen LogP contribution is 2.39. The quantitative estimate of drug-likeness (QED) is 0.936. The highest BCUT2D eigenvalue weighted by atomic mass is 32.1. The third-order valence-corrected chi connectivity index (χ3v) is 4.52. The molecule has 1 saturated carbocycles. The number of nitrogens with zero attached hydrogens (tertiary/aromatic N) is 2. The van der Waals surface area contributed by atoms with Crippen molar-refractivity contribution in [3.8, 4) is 0 Å². The SMILES string of the molecule is Cc1nc(NC(=O)C(C)c2cccs2)cc(C2CC2)n1. The molecular weight excluding hydrogens is 270 g/mol. The average molecular weight is 287 g/mol. The minimum Gasteiger partial charge on any atom is -0.310 e. The first-order valence-corrected chi connectivity index (χ1v) is 7.71. The second-order valence-electron chi connectivity index (χ2n) is 5.23. The molecule has 0 bridgehead atoms. The Hall–Kier alpha value is -1.75. The number of carbonyl (C=O) groups excluding carboxylic acids is 1. The zero-order valence-electron chi connectivity index (χ0n) is 11.6. The van der Waals surface area contributed by atoms with Crippen LogP contribution in [0.2, 0.25) is 0 Å². The van der Waals surface area contributed by atoms with Gasteiger partial charge in [-0.25, -0.2) is 9.97 Å². The lowest BCUT2D eigenvalue weighted by Crippen LogP contribution is -2.19. The summed E-state index contributed by atoms with van der Waals surface area (Å²) in [6.45, 7) is 3.78. The molecule has 1 unspecified atom stereocenters. The lowest BCUT2D eigenvalue weighted by atomic mass is 10.1. The minimum absolute atomic E-state index is 0.0210. The lowest BCUT2D eigenvalue weighted by molar-refractivity contribution is -0.117. The number of aryl methyl sites for hydroxylation is 1. The van der Waals surface area contributed by atoms with Crippen LogP contribution < -0.4 is 5.32 Å². The molecule has 1 atom stereocenters. The van der Waals surface area contributed by atoms with E-state index in [0.717, 1.165) is 10.6 Å². The summed E-state index contributed by atoms with van der Waals surface area (Å²) < 4.78 is 0. The van der Waals surface area contributed by atoms with Crippen molar-refractivity contribution in [3.05, 3.63) is 40.0 Å². The Bertz CT molecular complexity index is 620. The van der Waals surface area contributed by atoms with Crippen LogP contribution in [0.15, 0.2) is 23.6 Å². The number of amides is 1. The van der Waals surface area contributed by atoms with Crippen LogP contribution >= 0.6 is 11.3 Å². The summed E-state index contributed by atoms with van der Waals surface area (Å²) in [5.74, 6) is 1.71. The molecule has 0 saturated heterocycles. The molecule has 2 aromatic rings. The van der Waals surface area contributed by atoms with E-state index < -0.39 is 0 Å². The van der Waals surface area contributed by atoms with Gasteiger partial charge in [0.25, 0.3) is 0 Å². The summed E-state index contributed by atoms with van der Waals surface area (Å²) in [6, 6.07) is 5.85. The second kappa shape index (κ2) is 5.32. The summed E-state index contributed by atoms with van der Waals surface area (Å²) in [4.78, 5) is 22.1. The van der Waals surface area contributed by atoms with Gasteiger partial charge in [0.2, 0.25) is 5.91 Å². The Morgan fingerprint density at radius 1 is 1.45 bits per heavy atom. The Balaban J connectivity index is 1.75. The molecular formula is C15H17N3OS. The number of aromatic nitrogens is 2. The maximum atomic E-state index is 12.3. The highest BCUT2D eigenvalue weighted by Gasteiger charge is 2.26. The van der Waals surface area contributed by atoms with Crippen molar-refractivity contribution in [2.24, 2.45) is 0 Å². The predicted molar refractivity (Wildman–Crippen MR) is 80.1 cm³/mol. The average Bonchev–Trinajstić information content (AvgIpc) is 3.13. The molecule has 0 radical (unpaired) electrons. The monoisotopic (exact) mass is 287 g/mol. The van der Waals surface area contributed by atoms with Crippen molar-refractivity contribution >= 4 is 23.1 Å². The Morgan fingerprint density at radius 2 is 2.25 bits per heavy atom. The number of hydrogen-bond acceptors (Lipinski definition) is 4. The van der Waals surface area contributed by atoms with Crippen molar-refractivity contribution < 1.29 is 4.79 Å². The Kier molecular flexibility index (Phi) is 3.53. The molecule has 2 heterocycles. The number of anilines is 1. The molecule has 4 nitrogen and oxygen atoms in total. The first-order valence-electron chi connectivity index (χ1n) is 6.83. The molecule has 0 spiro atoms. The van der Waals surface area contributed by atoms with Crippen molar-refractivity contribution in [1.29, 1.82) is 0 Å². The van der Waals surface area contributed by atoms with E-state index in [2.05, 4.69) is 15.3 Å². The van der Waals surface area contributed by atoms with Crippen LogP contribution in [0.25, 0.3) is 0 Å². The van der Waals surface area contributed by atoms with Crippen LogP contribution in [0.4, 0.5) is 5.82 Å². The van der Waals surface area contributed by atoms with Crippen molar-refractivity contribution in [1.82, 2.24) is 9.97 Å². The Labute approximate surface area is 122 Å². The number of hydrogen-bond donors (Lipinski definition) is 1. The van der Waals surface area contributed by atoms with Crippen molar-refractivity contribution in [2.45, 2.75) is 38.5 Å². The molecule has 0 aromatic carbocycles. The van der Waals surface area contributed by atoms with Gasteiger partial charge in [-0.15, -0.1) is 11.3 Å². The summed E-state index contributed by atoms with van der Waals surface area (Å²) in [5.41, 5.74) is 1.05. The molecule has 20 heavy (non-hydrogen) atoms. The van der Waals surface area contributed by atoms with E-state index in [-0.39, 0.29) is 11.8 Å². The smallest absolute Gasteiger partial charge is 0.233 e. The third kappa shape index (κ3) is 2.88. The topological polar surface area (TPSA) is 54.9 Å². The van der Waals surface area contributed by atoms with Gasteiger partial charge in [0, 0.05) is 22.6 Å². The van der Waals surface area contributed by atoms with Gasteiger partial charge in [0.1, 0.15) is 11.6 Å². The fourth-order valence-electron chi connectivity index (χ4n) is 2.14. The van der Waals surface area contributed by atoms with Crippen molar-refractivity contribution in [2.75, 3.05) is 5.32 Å². The van der Waals surface area contributed by atoms with Crippen LogP contribution in [0.5, 0.6) is 0 Å². The van der Waals surface area contributed by atoms with Gasteiger partial charge in [-0.3, -0.25) is 4.79 Å². The predicted octanol–water partition coefficient (Wildman–Crippen LogP) is 3.47. The molecule has 1 N–H and O–H groups in total. The van der Waals surface area contributed by atoms with Gasteiger partial charge in [-0.1, -0.05) is 6.07 Å². The van der Waals surface area contributed by atoms with E-state index >= 15 is 0 Å². The van der Waals surface area contributed by atoms with Crippen molar-refractivity contribution in [3.63, 3.8) is 0 Å². The minimum atomic E-state index is -0.158. The number of carbonyl (C=O) groups is 1. The lowest BCUT2D eigenvalue weighted by Gasteiger charge is -2.11. The first kappa shape index (κ1) is 13.2. The zero-order valence-corrected chi connectivity index (χ0v) is 12.4. The molecule has 5 heteroatoms. The maximum Gasteiger partial charge on any atom is 0.233 e. The molecule has 1 aliphatic rings. The summed E-state index contributed by atoms with van der Waals surface area (Å²) in [5, 5.41) is 4.90. The molecule has 0 aliphatic heterocycles. The van der Waals surface area contributed by atoms with Gasteiger partial charge >= 0.3 is 0 Å². The Morgan fingerprint density at radius 3 is 2.90 bits per heavy atom. The number of rotatable bonds is 4. The fourth-order valence-corrected chi connectivity index (χ4v) is 2.93. The summed E-state index contributed by atoms with van der Waals surface area (Å²) in [6.07, 6.45) is 2.38. The summed E-state index contributed by atoms with van der Waals surface area (Å²) >= 11 is 1.60. The van der Waals surface area contributed by atoms with E-state index in [9.17, 15) is 4.79 Å². The van der Waals surface area contributed by atoms with E-state index in [1.165, 1.54) is 12.8 Å². The van der Waals surface area contributed by atoms with Crippen LogP contribution in [0.3, 0.4) is 0 Å². The first-order chi connectivity index (χ1) is 9.63. The molecule has 1 amide bonds. The van der Waals surface area contributed by atoms with Gasteiger partial charge in [0.15, 0.2) is 0 Å². The normalized spacial score (nSPS) is 15.9. The molecule has 3 rings (SSSR count). The fraction of sp³-hybridized carbons (Fsp3) is 0.400.